The predicted molar refractivity (Wildman–Crippen MR) is 79.9 cm³/mol. The van der Waals surface area contributed by atoms with E-state index in [0.29, 0.717) is 0 Å². The molecule has 0 heterocycles. The summed E-state index contributed by atoms with van der Waals surface area (Å²) in [6, 6.07) is 5.03. The van der Waals surface area contributed by atoms with Crippen LogP contribution in [0.15, 0.2) is 29.2 Å². The van der Waals surface area contributed by atoms with Crippen molar-refractivity contribution >= 4 is 24.5 Å². The van der Waals surface area contributed by atoms with Gasteiger partial charge in [-0.1, -0.05) is 6.07 Å². The van der Waals surface area contributed by atoms with Crippen molar-refractivity contribution in [2.45, 2.75) is 10.9 Å². The van der Waals surface area contributed by atoms with E-state index in [2.05, 4.69) is 4.72 Å². The molecule has 0 atom stereocenters. The van der Waals surface area contributed by atoms with Crippen LogP contribution in [0, 0.1) is 10.1 Å². The van der Waals surface area contributed by atoms with Gasteiger partial charge in [0.25, 0.3) is 5.69 Å². The predicted octanol–water partition coefficient (Wildman–Crippen LogP) is 0.751. The molecule has 0 bridgehead atoms. The van der Waals surface area contributed by atoms with E-state index in [1.807, 2.05) is 0 Å². The maximum Gasteiger partial charge on any atom is 0.501 e. The van der Waals surface area contributed by atoms with Crippen LogP contribution >= 0.6 is 0 Å². The Morgan fingerprint density at radius 3 is 2.32 bits per heavy atom. The number of hydrogen-bond acceptors (Lipinski definition) is 7. The lowest BCUT2D eigenvalue weighted by molar-refractivity contribution is -0.385. The van der Waals surface area contributed by atoms with Gasteiger partial charge in [0, 0.05) is 46.1 Å². The second-order valence-electron chi connectivity index (χ2n) is 4.20. The molecule has 0 unspecified atom stereocenters. The summed E-state index contributed by atoms with van der Waals surface area (Å²) in [4.78, 5) is 9.85. The highest BCUT2D eigenvalue weighted by molar-refractivity contribution is 7.89. The van der Waals surface area contributed by atoms with Gasteiger partial charge in [-0.15, -0.1) is 0 Å². The second kappa shape index (κ2) is 7.76. The summed E-state index contributed by atoms with van der Waals surface area (Å²) in [5.74, 6) is 0. The molecule has 0 aliphatic heterocycles. The van der Waals surface area contributed by atoms with E-state index < -0.39 is 23.8 Å². The van der Waals surface area contributed by atoms with E-state index in [9.17, 15) is 18.5 Å². The zero-order chi connectivity index (χ0) is 16.8. The first-order valence-electron chi connectivity index (χ1n) is 6.20. The Hall–Kier alpha value is -1.37. The third-order valence-electron chi connectivity index (χ3n) is 3.00. The quantitative estimate of drug-likeness (QED) is 0.397. The number of nitrogens with one attached hydrogen (secondary N) is 1. The normalized spacial score (nSPS) is 12.3. The number of hydrogen-bond donors (Lipinski definition) is 1. The van der Waals surface area contributed by atoms with Crippen LogP contribution in [0.25, 0.3) is 0 Å². The topological polar surface area (TPSA) is 117 Å². The average Bonchev–Trinajstić information content (AvgIpc) is 2.52. The van der Waals surface area contributed by atoms with Crippen molar-refractivity contribution in [1.29, 1.82) is 0 Å². The highest BCUT2D eigenvalue weighted by Crippen LogP contribution is 2.18. The molecule has 0 fully saturated rings. The van der Waals surface area contributed by atoms with Crippen molar-refractivity contribution in [2.75, 3.05) is 27.9 Å². The van der Waals surface area contributed by atoms with Gasteiger partial charge in [0.2, 0.25) is 10.0 Å². The summed E-state index contributed by atoms with van der Waals surface area (Å²) in [6.45, 7) is 0.0206. The zero-order valence-corrected chi connectivity index (χ0v) is 14.3. The Kier molecular flexibility index (Phi) is 6.59. The molecule has 0 amide bonds. The van der Waals surface area contributed by atoms with E-state index >= 15 is 0 Å². The summed E-state index contributed by atoms with van der Waals surface area (Å²) < 4.78 is 42.1. The first kappa shape index (κ1) is 18.7. The number of benzene rings is 1. The molecule has 22 heavy (non-hydrogen) atoms. The standard InChI is InChI=1S/C11H18N2O7SSi/c1-18-22(19-2,20-3)8-7-12-21(16,17)11-6-4-5-10(9-11)13(14)15/h4-6,9,12H,7-8H2,1-3H3. The number of rotatable bonds is 9. The number of nitrogens with zero attached hydrogens (tertiary/aromatic N) is 1. The van der Waals surface area contributed by atoms with Crippen molar-refractivity contribution in [3.8, 4) is 0 Å². The molecule has 0 radical (unpaired) electrons. The highest BCUT2D eigenvalue weighted by atomic mass is 32.2. The molecule has 0 aliphatic carbocycles. The van der Waals surface area contributed by atoms with E-state index in [1.165, 1.54) is 39.5 Å². The lowest BCUT2D eigenvalue weighted by atomic mass is 10.3. The van der Waals surface area contributed by atoms with Crippen LogP contribution < -0.4 is 4.72 Å². The van der Waals surface area contributed by atoms with Crippen molar-refractivity contribution < 1.29 is 26.6 Å². The Balaban J connectivity index is 2.80. The van der Waals surface area contributed by atoms with E-state index in [-0.39, 0.29) is 23.2 Å². The number of nitro groups is 1. The maximum atomic E-state index is 12.1. The highest BCUT2D eigenvalue weighted by Gasteiger charge is 2.37. The number of sulfonamides is 1. The molecule has 124 valence electrons. The van der Waals surface area contributed by atoms with Crippen molar-refractivity contribution in [2.24, 2.45) is 0 Å². The summed E-state index contributed by atoms with van der Waals surface area (Å²) in [7, 11) is -2.47. The van der Waals surface area contributed by atoms with Crippen molar-refractivity contribution in [1.82, 2.24) is 4.72 Å². The average molecular weight is 350 g/mol. The van der Waals surface area contributed by atoms with E-state index in [4.69, 9.17) is 13.3 Å². The van der Waals surface area contributed by atoms with Gasteiger partial charge in [-0.05, 0) is 6.07 Å². The Morgan fingerprint density at radius 1 is 1.23 bits per heavy atom. The first-order chi connectivity index (χ1) is 10.3. The van der Waals surface area contributed by atoms with Gasteiger partial charge in [0.15, 0.2) is 0 Å². The SMILES string of the molecule is CO[Si](CCNS(=O)(=O)c1cccc([N+](=O)[O-])c1)(OC)OC. The third kappa shape index (κ3) is 4.56. The molecule has 1 aromatic rings. The van der Waals surface area contributed by atoms with Crippen LogP contribution in [0.2, 0.25) is 6.04 Å². The van der Waals surface area contributed by atoms with Crippen LogP contribution in [-0.2, 0) is 23.3 Å². The lowest BCUT2D eigenvalue weighted by Gasteiger charge is -2.24. The Bertz CT molecular complexity index is 610. The summed E-state index contributed by atoms with van der Waals surface area (Å²) in [6.07, 6.45) is 0. The summed E-state index contributed by atoms with van der Waals surface area (Å²) in [5, 5.41) is 10.7. The van der Waals surface area contributed by atoms with Crippen molar-refractivity contribution in [3.63, 3.8) is 0 Å². The van der Waals surface area contributed by atoms with Gasteiger partial charge < -0.3 is 13.3 Å². The molecule has 0 spiro atoms. The van der Waals surface area contributed by atoms with Crippen LogP contribution in [-0.4, -0.2) is 50.0 Å². The first-order valence-corrected chi connectivity index (χ1v) is 9.61. The molecular formula is C11H18N2O7SSi. The smallest absolute Gasteiger partial charge is 0.377 e. The van der Waals surface area contributed by atoms with Gasteiger partial charge in [-0.25, -0.2) is 13.1 Å². The number of non-ortho nitro benzene ring substituents is 1. The van der Waals surface area contributed by atoms with Gasteiger partial charge in [0.1, 0.15) is 0 Å². The van der Waals surface area contributed by atoms with Crippen LogP contribution in [0.1, 0.15) is 0 Å². The fourth-order valence-corrected chi connectivity index (χ4v) is 4.54. The second-order valence-corrected chi connectivity index (χ2v) is 9.06. The lowest BCUT2D eigenvalue weighted by Crippen LogP contribution is -2.45. The molecular weight excluding hydrogens is 332 g/mol. The minimum Gasteiger partial charge on any atom is -0.377 e. The van der Waals surface area contributed by atoms with Gasteiger partial charge in [0.05, 0.1) is 9.82 Å². The molecule has 0 aliphatic rings. The zero-order valence-electron chi connectivity index (χ0n) is 12.4. The Morgan fingerprint density at radius 2 is 1.82 bits per heavy atom. The van der Waals surface area contributed by atoms with E-state index in [0.717, 1.165) is 6.07 Å². The summed E-state index contributed by atoms with van der Waals surface area (Å²) in [5.41, 5.74) is -0.294. The van der Waals surface area contributed by atoms with Crippen LogP contribution in [0.3, 0.4) is 0 Å². The van der Waals surface area contributed by atoms with Crippen LogP contribution in [0.4, 0.5) is 5.69 Å². The monoisotopic (exact) mass is 350 g/mol. The molecule has 1 N–H and O–H groups in total. The molecule has 0 aromatic heterocycles. The van der Waals surface area contributed by atoms with Crippen molar-refractivity contribution in [3.05, 3.63) is 34.4 Å². The van der Waals surface area contributed by atoms with E-state index in [1.54, 1.807) is 0 Å². The fraction of sp³-hybridized carbons (Fsp3) is 0.455. The maximum absolute atomic E-state index is 12.1. The molecule has 11 heteroatoms. The molecule has 1 rings (SSSR count). The molecule has 0 saturated carbocycles. The van der Waals surface area contributed by atoms with Crippen LogP contribution in [0.5, 0.6) is 0 Å². The third-order valence-corrected chi connectivity index (χ3v) is 7.18. The summed E-state index contributed by atoms with van der Waals surface area (Å²) >= 11 is 0. The minimum absolute atomic E-state index is 0.0206. The molecule has 0 saturated heterocycles. The molecule has 1 aromatic carbocycles. The Labute approximate surface area is 129 Å². The van der Waals surface area contributed by atoms with Gasteiger partial charge in [-0.3, -0.25) is 10.1 Å². The van der Waals surface area contributed by atoms with Gasteiger partial charge in [-0.2, -0.15) is 0 Å². The fourth-order valence-electron chi connectivity index (χ4n) is 1.74. The van der Waals surface area contributed by atoms with Gasteiger partial charge >= 0.3 is 8.80 Å². The molecule has 9 nitrogen and oxygen atoms in total. The largest absolute Gasteiger partial charge is 0.501 e. The number of nitro benzene ring substituents is 1. The minimum atomic E-state index is -3.86.